The van der Waals surface area contributed by atoms with E-state index in [0.29, 0.717) is 0 Å². The Morgan fingerprint density at radius 3 is 2.88 bits per heavy atom. The summed E-state index contributed by atoms with van der Waals surface area (Å²) in [6.07, 6.45) is 7.57. The molecule has 1 aliphatic carbocycles. The fraction of sp³-hybridized carbons (Fsp3) is 0.615. The van der Waals surface area contributed by atoms with Crippen LogP contribution in [0.4, 0.5) is 0 Å². The van der Waals surface area contributed by atoms with Gasteiger partial charge in [-0.05, 0) is 53.4 Å². The van der Waals surface area contributed by atoms with E-state index < -0.39 is 0 Å². The highest BCUT2D eigenvalue weighted by atomic mass is 79.9. The maximum atomic E-state index is 4.34. The monoisotopic (exact) mass is 314 g/mol. The molecule has 1 fully saturated rings. The van der Waals surface area contributed by atoms with E-state index >= 15 is 0 Å². The number of nitrogens with one attached hydrogen (secondary N) is 1. The molecular formula is C13H19BrN2S. The van der Waals surface area contributed by atoms with Gasteiger partial charge in [0.25, 0.3) is 0 Å². The zero-order valence-corrected chi connectivity index (χ0v) is 12.4. The van der Waals surface area contributed by atoms with E-state index in [1.54, 1.807) is 0 Å². The van der Waals surface area contributed by atoms with Crippen molar-refractivity contribution < 1.29 is 0 Å². The summed E-state index contributed by atoms with van der Waals surface area (Å²) < 4.78 is 1.04. The molecule has 0 radical (unpaired) electrons. The highest BCUT2D eigenvalue weighted by Gasteiger charge is 2.13. The molecule has 1 heterocycles. The molecule has 1 aliphatic rings. The lowest BCUT2D eigenvalue weighted by atomic mass is 10.1. The molecule has 0 aromatic carbocycles. The Morgan fingerprint density at radius 2 is 2.18 bits per heavy atom. The van der Waals surface area contributed by atoms with E-state index in [9.17, 15) is 0 Å². The summed E-state index contributed by atoms with van der Waals surface area (Å²) in [5, 5.41) is 4.66. The molecule has 0 spiro atoms. The largest absolute Gasteiger partial charge is 0.316 e. The van der Waals surface area contributed by atoms with Gasteiger partial charge in [-0.25, -0.2) is 4.98 Å². The highest BCUT2D eigenvalue weighted by Crippen LogP contribution is 2.23. The fourth-order valence-electron chi connectivity index (χ4n) is 2.20. The molecule has 0 bridgehead atoms. The van der Waals surface area contributed by atoms with Crippen LogP contribution in [0.5, 0.6) is 0 Å². The molecule has 1 aromatic heterocycles. The number of pyridine rings is 1. The average molecular weight is 315 g/mol. The predicted molar refractivity (Wildman–Crippen MR) is 77.5 cm³/mol. The first-order valence-electron chi connectivity index (χ1n) is 6.29. The Hall–Kier alpha value is -0.0600. The van der Waals surface area contributed by atoms with Gasteiger partial charge in [-0.3, -0.25) is 0 Å². The quantitative estimate of drug-likeness (QED) is 0.640. The number of hydrogen-bond acceptors (Lipinski definition) is 3. The summed E-state index contributed by atoms with van der Waals surface area (Å²) in [5.41, 5.74) is 0. The van der Waals surface area contributed by atoms with E-state index in [2.05, 4.69) is 32.3 Å². The summed E-state index contributed by atoms with van der Waals surface area (Å²) in [4.78, 5) is 4.34. The van der Waals surface area contributed by atoms with Crippen LogP contribution in [0.25, 0.3) is 0 Å². The summed E-state index contributed by atoms with van der Waals surface area (Å²) in [7, 11) is 0. The number of thioether (sulfide) groups is 1. The van der Waals surface area contributed by atoms with Crippen molar-refractivity contribution in [2.75, 3.05) is 18.8 Å². The van der Waals surface area contributed by atoms with Crippen molar-refractivity contribution in [3.8, 4) is 0 Å². The molecular weight excluding hydrogens is 296 g/mol. The molecule has 1 N–H and O–H groups in total. The van der Waals surface area contributed by atoms with Gasteiger partial charge in [-0.15, -0.1) is 11.8 Å². The second kappa shape index (κ2) is 7.39. The van der Waals surface area contributed by atoms with E-state index in [4.69, 9.17) is 0 Å². The first kappa shape index (κ1) is 13.4. The third-order valence-corrected chi connectivity index (χ3v) is 4.55. The van der Waals surface area contributed by atoms with Gasteiger partial charge in [-0.1, -0.05) is 12.8 Å². The van der Waals surface area contributed by atoms with Crippen LogP contribution in [0.3, 0.4) is 0 Å². The van der Waals surface area contributed by atoms with Gasteiger partial charge < -0.3 is 5.32 Å². The smallest absolute Gasteiger partial charge is 0.0961 e. The Morgan fingerprint density at radius 1 is 1.35 bits per heavy atom. The molecule has 94 valence electrons. The Balaban J connectivity index is 1.55. The first-order valence-corrected chi connectivity index (χ1v) is 8.07. The van der Waals surface area contributed by atoms with Crippen LogP contribution in [-0.4, -0.2) is 23.8 Å². The van der Waals surface area contributed by atoms with Gasteiger partial charge in [0.15, 0.2) is 0 Å². The summed E-state index contributed by atoms with van der Waals surface area (Å²) >= 11 is 5.21. The SMILES string of the molecule is Brc1ccc(SCCNCC2CCCC2)nc1. The molecule has 4 heteroatoms. The van der Waals surface area contributed by atoms with Crippen molar-refractivity contribution in [3.63, 3.8) is 0 Å². The van der Waals surface area contributed by atoms with Crippen molar-refractivity contribution in [1.29, 1.82) is 0 Å². The van der Waals surface area contributed by atoms with E-state index in [-0.39, 0.29) is 0 Å². The molecule has 0 amide bonds. The lowest BCUT2D eigenvalue weighted by Crippen LogP contribution is -2.23. The van der Waals surface area contributed by atoms with Crippen LogP contribution in [0.15, 0.2) is 27.8 Å². The highest BCUT2D eigenvalue weighted by molar-refractivity contribution is 9.10. The minimum absolute atomic E-state index is 0.936. The number of halogens is 1. The maximum absolute atomic E-state index is 4.34. The third-order valence-electron chi connectivity index (χ3n) is 3.14. The van der Waals surface area contributed by atoms with E-state index in [1.807, 2.05) is 24.0 Å². The normalized spacial score (nSPS) is 16.5. The molecule has 0 unspecified atom stereocenters. The van der Waals surface area contributed by atoms with Crippen molar-refractivity contribution in [1.82, 2.24) is 10.3 Å². The van der Waals surface area contributed by atoms with E-state index in [0.717, 1.165) is 27.7 Å². The van der Waals surface area contributed by atoms with Crippen molar-refractivity contribution >= 4 is 27.7 Å². The van der Waals surface area contributed by atoms with Gasteiger partial charge in [-0.2, -0.15) is 0 Å². The van der Waals surface area contributed by atoms with Crippen molar-refractivity contribution in [2.45, 2.75) is 30.7 Å². The minimum atomic E-state index is 0.936. The van der Waals surface area contributed by atoms with Gasteiger partial charge in [0.2, 0.25) is 0 Å². The van der Waals surface area contributed by atoms with Crippen LogP contribution in [0.1, 0.15) is 25.7 Å². The molecule has 1 saturated carbocycles. The maximum Gasteiger partial charge on any atom is 0.0961 e. The Kier molecular flexibility index (Phi) is 5.81. The van der Waals surface area contributed by atoms with Crippen LogP contribution >= 0.6 is 27.7 Å². The lowest BCUT2D eigenvalue weighted by molar-refractivity contribution is 0.500. The topological polar surface area (TPSA) is 24.9 Å². The summed E-state index contributed by atoms with van der Waals surface area (Å²) in [5.74, 6) is 2.03. The molecule has 2 rings (SSSR count). The second-order valence-corrected chi connectivity index (χ2v) is 6.55. The zero-order chi connectivity index (χ0) is 11.9. The van der Waals surface area contributed by atoms with Gasteiger partial charge in [0.05, 0.1) is 5.03 Å². The van der Waals surface area contributed by atoms with Crippen LogP contribution in [0.2, 0.25) is 0 Å². The van der Waals surface area contributed by atoms with Crippen LogP contribution in [-0.2, 0) is 0 Å². The Labute approximate surface area is 116 Å². The summed E-state index contributed by atoms with van der Waals surface area (Å²) in [6.45, 7) is 2.28. The standard InChI is InChI=1S/C13H19BrN2S/c14-12-5-6-13(16-10-12)17-8-7-15-9-11-3-1-2-4-11/h5-6,10-11,15H,1-4,7-9H2. The van der Waals surface area contributed by atoms with Gasteiger partial charge in [0.1, 0.15) is 0 Å². The molecule has 2 nitrogen and oxygen atoms in total. The predicted octanol–water partition coefficient (Wildman–Crippen LogP) is 3.72. The average Bonchev–Trinajstić information content (AvgIpc) is 2.84. The van der Waals surface area contributed by atoms with E-state index in [1.165, 1.54) is 32.2 Å². The summed E-state index contributed by atoms with van der Waals surface area (Å²) in [6, 6.07) is 4.10. The fourth-order valence-corrected chi connectivity index (χ4v) is 3.18. The zero-order valence-electron chi connectivity index (χ0n) is 9.99. The van der Waals surface area contributed by atoms with Crippen LogP contribution in [0, 0.1) is 5.92 Å². The molecule has 0 saturated heterocycles. The van der Waals surface area contributed by atoms with Crippen molar-refractivity contribution in [2.24, 2.45) is 5.92 Å². The first-order chi connectivity index (χ1) is 8.34. The third kappa shape index (κ3) is 4.98. The minimum Gasteiger partial charge on any atom is -0.316 e. The second-order valence-electron chi connectivity index (χ2n) is 4.52. The number of nitrogens with zero attached hydrogens (tertiary/aromatic N) is 1. The van der Waals surface area contributed by atoms with Crippen molar-refractivity contribution in [3.05, 3.63) is 22.8 Å². The molecule has 0 aliphatic heterocycles. The molecule has 1 aromatic rings. The number of rotatable bonds is 6. The lowest BCUT2D eigenvalue weighted by Gasteiger charge is -2.09. The molecule has 0 atom stereocenters. The molecule has 17 heavy (non-hydrogen) atoms. The van der Waals surface area contributed by atoms with Crippen LogP contribution < -0.4 is 5.32 Å². The Bertz CT molecular complexity index is 323. The van der Waals surface area contributed by atoms with Gasteiger partial charge >= 0.3 is 0 Å². The number of hydrogen-bond donors (Lipinski definition) is 1. The van der Waals surface area contributed by atoms with Gasteiger partial charge in [0, 0.05) is 23.0 Å². The number of aromatic nitrogens is 1.